The molecule has 0 aliphatic carbocycles. The first-order valence-corrected chi connectivity index (χ1v) is 18.9. The fourth-order valence-corrected chi connectivity index (χ4v) is 13.3. The van der Waals surface area contributed by atoms with Gasteiger partial charge >= 0.3 is 30.4 Å². The zero-order valence-corrected chi connectivity index (χ0v) is 27.2. The summed E-state index contributed by atoms with van der Waals surface area (Å²) >= 11 is 0. The zero-order chi connectivity index (χ0) is 29.1. The molecule has 2 rings (SSSR count). The Morgan fingerprint density at radius 1 is 0.421 bits per heavy atom. The Kier molecular flexibility index (Phi) is 15.1. The summed E-state index contributed by atoms with van der Waals surface area (Å²) < 4.78 is 103. The Labute approximate surface area is 226 Å². The lowest BCUT2D eigenvalue weighted by Gasteiger charge is -2.28. The van der Waals surface area contributed by atoms with Crippen molar-refractivity contribution in [1.82, 2.24) is 0 Å². The molecule has 2 fully saturated rings. The third-order valence-corrected chi connectivity index (χ3v) is 17.1. The summed E-state index contributed by atoms with van der Waals surface area (Å²) in [6, 6.07) is 0. The van der Waals surface area contributed by atoms with E-state index < -0.39 is 40.5 Å². The Bertz CT molecular complexity index is 728. The lowest BCUT2D eigenvalue weighted by molar-refractivity contribution is 0.169. The predicted molar refractivity (Wildman–Crippen MR) is 141 cm³/mol. The summed E-state index contributed by atoms with van der Waals surface area (Å²) in [5.41, 5.74) is 0. The van der Waals surface area contributed by atoms with Crippen molar-refractivity contribution < 1.29 is 63.9 Å². The number of hydrogen-bond acceptors (Lipinski definition) is 14. The van der Waals surface area contributed by atoms with E-state index in [2.05, 4.69) is 0 Å². The maximum absolute atomic E-state index is 12.8. The van der Waals surface area contributed by atoms with Gasteiger partial charge in [-0.3, -0.25) is 18.3 Å². The molecule has 2 aliphatic rings. The monoisotopic (exact) mass is 632 g/mol. The van der Waals surface area contributed by atoms with Crippen LogP contribution >= 0.6 is 30.4 Å². The van der Waals surface area contributed by atoms with E-state index in [0.29, 0.717) is 0 Å². The van der Waals surface area contributed by atoms with Crippen LogP contribution in [0.15, 0.2) is 0 Å². The van der Waals surface area contributed by atoms with Crippen molar-refractivity contribution >= 4 is 30.4 Å². The maximum atomic E-state index is 12.8. The second-order valence-electron chi connectivity index (χ2n) is 7.40. The van der Waals surface area contributed by atoms with Crippen molar-refractivity contribution in [2.24, 2.45) is 0 Å². The van der Waals surface area contributed by atoms with Crippen molar-refractivity contribution in [1.29, 1.82) is 0 Å². The minimum atomic E-state index is -3.73. The van der Waals surface area contributed by atoms with Gasteiger partial charge in [-0.1, -0.05) is 0 Å². The summed E-state index contributed by atoms with van der Waals surface area (Å²) in [5.74, 6) is 0. The first kappa shape index (κ1) is 36.5. The highest BCUT2D eigenvalue weighted by Crippen LogP contribution is 2.84. The van der Waals surface area contributed by atoms with Gasteiger partial charge < -0.3 is 45.7 Å². The molecule has 0 unspecified atom stereocenters. The molecule has 0 saturated carbocycles. The highest BCUT2D eigenvalue weighted by atomic mass is 31.2. The Morgan fingerprint density at radius 3 is 0.632 bits per heavy atom. The summed E-state index contributed by atoms with van der Waals surface area (Å²) in [6.07, 6.45) is 0. The quantitative estimate of drug-likeness (QED) is 0.107. The van der Waals surface area contributed by atoms with Crippen LogP contribution in [0.3, 0.4) is 0 Å². The molecule has 38 heavy (non-hydrogen) atoms. The van der Waals surface area contributed by atoms with Crippen LogP contribution in [0.25, 0.3) is 0 Å². The van der Waals surface area contributed by atoms with Crippen molar-refractivity contribution in [3.05, 3.63) is 0 Å². The Balaban J connectivity index is 0.000000380. The average Bonchev–Trinajstić information content (AvgIpc) is 3.75. The molecule has 0 bridgehead atoms. The molecule has 2 saturated heterocycles. The van der Waals surface area contributed by atoms with Gasteiger partial charge in [0.05, 0.1) is 52.9 Å². The van der Waals surface area contributed by atoms with Crippen LogP contribution in [0.1, 0.15) is 55.4 Å². The molecule has 0 aromatic rings. The molecule has 18 heteroatoms. The molecule has 0 N–H and O–H groups in total. The lowest BCUT2D eigenvalue weighted by atomic mass is 10.9. The van der Waals surface area contributed by atoms with Crippen LogP contribution < -0.4 is 0 Å². The van der Waals surface area contributed by atoms with Gasteiger partial charge in [-0.25, -0.2) is 0 Å². The normalized spacial score (nSPS) is 18.5. The van der Waals surface area contributed by atoms with Crippen molar-refractivity contribution in [2.45, 2.75) is 65.6 Å². The Morgan fingerprint density at radius 2 is 0.553 bits per heavy atom. The molecular formula is C20H44O14P4. The summed E-state index contributed by atoms with van der Waals surface area (Å²) in [4.78, 5) is 0. The topological polar surface area (TPSA) is 167 Å². The number of ether oxygens (including phenoxy) is 2. The third kappa shape index (κ3) is 7.47. The highest BCUT2D eigenvalue weighted by Gasteiger charge is 2.77. The van der Waals surface area contributed by atoms with Gasteiger partial charge in [0.15, 0.2) is 0 Å². The van der Waals surface area contributed by atoms with E-state index in [1.807, 2.05) is 0 Å². The van der Waals surface area contributed by atoms with E-state index in [1.165, 1.54) is 0 Å². The van der Waals surface area contributed by atoms with Gasteiger partial charge in [0.2, 0.25) is 0 Å². The minimum absolute atomic E-state index is 0.0262. The van der Waals surface area contributed by atoms with Gasteiger partial charge in [0.25, 0.3) is 10.2 Å². The number of epoxide rings is 2. The minimum Gasteiger partial charge on any atom is -0.346 e. The SMILES string of the molecule is CCOP(=O)(OCC)C1(P(=O)(OCC)OCC)CO1.CCOP(=O)(OCC)C1(P(=O)(OCC)OCC)CO1. The van der Waals surface area contributed by atoms with Crippen molar-refractivity contribution in [2.75, 3.05) is 66.1 Å². The van der Waals surface area contributed by atoms with E-state index in [9.17, 15) is 18.3 Å². The molecule has 0 radical (unpaired) electrons. The summed E-state index contributed by atoms with van der Waals surface area (Å²) in [6.45, 7) is 14.6. The zero-order valence-electron chi connectivity index (χ0n) is 23.6. The summed E-state index contributed by atoms with van der Waals surface area (Å²) in [7, 11) is -14.9. The van der Waals surface area contributed by atoms with Gasteiger partial charge in [-0.15, -0.1) is 0 Å². The van der Waals surface area contributed by atoms with Crippen LogP contribution in [-0.4, -0.2) is 76.2 Å². The van der Waals surface area contributed by atoms with Gasteiger partial charge in [0, 0.05) is 0 Å². The molecule has 0 amide bonds. The van der Waals surface area contributed by atoms with Crippen LogP contribution in [0.4, 0.5) is 0 Å². The van der Waals surface area contributed by atoms with E-state index >= 15 is 0 Å². The van der Waals surface area contributed by atoms with Crippen LogP contribution in [-0.2, 0) is 63.9 Å². The second-order valence-corrected chi connectivity index (χ2v) is 17.0. The number of hydrogen-bond donors (Lipinski definition) is 0. The molecule has 2 aliphatic heterocycles. The third-order valence-electron chi connectivity index (χ3n) is 4.91. The summed E-state index contributed by atoms with van der Waals surface area (Å²) in [5, 5.41) is -3.23. The van der Waals surface area contributed by atoms with E-state index in [-0.39, 0.29) is 66.1 Å². The Hall–Kier alpha value is 0.520. The molecule has 0 spiro atoms. The number of rotatable bonds is 20. The van der Waals surface area contributed by atoms with E-state index in [4.69, 9.17) is 45.7 Å². The molecule has 228 valence electrons. The fraction of sp³-hybridized carbons (Fsp3) is 1.00. The van der Waals surface area contributed by atoms with Gasteiger partial charge in [-0.05, 0) is 55.4 Å². The average molecular weight is 632 g/mol. The van der Waals surface area contributed by atoms with Crippen LogP contribution in [0.2, 0.25) is 0 Å². The van der Waals surface area contributed by atoms with Crippen LogP contribution in [0.5, 0.6) is 0 Å². The molecule has 0 aromatic heterocycles. The molecule has 0 aromatic carbocycles. The van der Waals surface area contributed by atoms with Crippen molar-refractivity contribution in [3.63, 3.8) is 0 Å². The standard InChI is InChI=1S/2C10H22O7P2/c2*1-5-14-18(11,15-6-2)10(9-13-10)19(12,16-7-3)17-8-4/h2*5-9H2,1-4H3. The first-order valence-electron chi connectivity index (χ1n) is 12.7. The van der Waals surface area contributed by atoms with Gasteiger partial charge in [0.1, 0.15) is 13.2 Å². The van der Waals surface area contributed by atoms with E-state index in [0.717, 1.165) is 0 Å². The van der Waals surface area contributed by atoms with Gasteiger partial charge in [-0.2, -0.15) is 0 Å². The second kappa shape index (κ2) is 15.7. The van der Waals surface area contributed by atoms with Crippen LogP contribution in [0, 0.1) is 0 Å². The molecular weight excluding hydrogens is 588 g/mol. The first-order chi connectivity index (χ1) is 17.9. The molecule has 0 atom stereocenters. The predicted octanol–water partition coefficient (Wildman–Crippen LogP) is 6.41. The maximum Gasteiger partial charge on any atom is 0.377 e. The smallest absolute Gasteiger partial charge is 0.346 e. The largest absolute Gasteiger partial charge is 0.377 e. The molecule has 2 heterocycles. The lowest BCUT2D eigenvalue weighted by Crippen LogP contribution is -2.20. The highest BCUT2D eigenvalue weighted by molar-refractivity contribution is 7.75. The fourth-order valence-electron chi connectivity index (χ4n) is 3.38. The van der Waals surface area contributed by atoms with Crippen molar-refractivity contribution in [3.8, 4) is 0 Å². The van der Waals surface area contributed by atoms with E-state index in [1.54, 1.807) is 55.4 Å². The molecule has 14 nitrogen and oxygen atoms in total.